The first-order valence-electron chi connectivity index (χ1n) is 6.29. The number of hydrogen-bond donors (Lipinski definition) is 1. The van der Waals surface area contributed by atoms with Crippen molar-refractivity contribution in [2.24, 2.45) is 0 Å². The van der Waals surface area contributed by atoms with Crippen LogP contribution >= 0.6 is 0 Å². The third-order valence-corrected chi connectivity index (χ3v) is 5.67. The van der Waals surface area contributed by atoms with Gasteiger partial charge in [-0.05, 0) is 25.7 Å². The quantitative estimate of drug-likeness (QED) is 0.706. The Balaban J connectivity index is 2.14. The van der Waals surface area contributed by atoms with Gasteiger partial charge in [0.2, 0.25) is 10.0 Å². The van der Waals surface area contributed by atoms with Gasteiger partial charge in [0.05, 0.1) is 17.9 Å². The van der Waals surface area contributed by atoms with E-state index in [4.69, 9.17) is 0 Å². The summed E-state index contributed by atoms with van der Waals surface area (Å²) in [6.07, 6.45) is 5.97. The first-order chi connectivity index (χ1) is 7.61. The molecule has 0 amide bonds. The normalized spacial score (nSPS) is 36.8. The summed E-state index contributed by atoms with van der Waals surface area (Å²) < 4.78 is 25.5. The van der Waals surface area contributed by atoms with Crippen molar-refractivity contribution in [3.63, 3.8) is 0 Å². The van der Waals surface area contributed by atoms with Crippen LogP contribution in [0.2, 0.25) is 0 Å². The molecule has 2 fully saturated rings. The lowest BCUT2D eigenvalue weighted by Crippen LogP contribution is -2.49. The molecule has 0 bridgehead atoms. The van der Waals surface area contributed by atoms with E-state index in [1.807, 2.05) is 0 Å². The molecule has 2 rings (SSSR count). The Morgan fingerprint density at radius 3 is 2.50 bits per heavy atom. The summed E-state index contributed by atoms with van der Waals surface area (Å²) in [5.74, 6) is 0.260. The second-order valence-electron chi connectivity index (χ2n) is 4.91. The molecule has 2 aliphatic rings. The van der Waals surface area contributed by atoms with Gasteiger partial charge in [-0.2, -0.15) is 4.31 Å². The molecule has 94 valence electrons. The maximum Gasteiger partial charge on any atom is 0.214 e. The second kappa shape index (κ2) is 5.02. The highest BCUT2D eigenvalue weighted by atomic mass is 32.2. The Labute approximate surface area is 97.7 Å². The summed E-state index contributed by atoms with van der Waals surface area (Å²) in [5.41, 5.74) is 0. The maximum atomic E-state index is 12.0. The monoisotopic (exact) mass is 247 g/mol. The SMILES string of the molecule is O=S1(=O)CCCCN1C1CCCCCC1O. The van der Waals surface area contributed by atoms with Crippen molar-refractivity contribution < 1.29 is 13.5 Å². The maximum absolute atomic E-state index is 12.0. The molecule has 0 aromatic carbocycles. The zero-order chi connectivity index (χ0) is 11.6. The van der Waals surface area contributed by atoms with Crippen LogP contribution in [0, 0.1) is 0 Å². The highest BCUT2D eigenvalue weighted by molar-refractivity contribution is 7.89. The number of rotatable bonds is 1. The Morgan fingerprint density at radius 1 is 1.00 bits per heavy atom. The van der Waals surface area contributed by atoms with E-state index in [1.165, 1.54) is 0 Å². The summed E-state index contributed by atoms with van der Waals surface area (Å²) >= 11 is 0. The number of hydrogen-bond acceptors (Lipinski definition) is 3. The standard InChI is InChI=1S/C11H21NO3S/c13-11-7-3-1-2-6-10(11)12-8-4-5-9-16(12,14)15/h10-11,13H,1-9H2. The smallest absolute Gasteiger partial charge is 0.214 e. The van der Waals surface area contributed by atoms with Gasteiger partial charge in [0.15, 0.2) is 0 Å². The highest BCUT2D eigenvalue weighted by Crippen LogP contribution is 2.27. The van der Waals surface area contributed by atoms with Gasteiger partial charge in [0, 0.05) is 6.54 Å². The van der Waals surface area contributed by atoms with Gasteiger partial charge in [-0.25, -0.2) is 8.42 Å². The molecule has 1 saturated heterocycles. The van der Waals surface area contributed by atoms with E-state index in [1.54, 1.807) is 4.31 Å². The summed E-state index contributed by atoms with van der Waals surface area (Å²) in [6, 6.07) is -0.159. The molecule has 2 unspecified atom stereocenters. The lowest BCUT2D eigenvalue weighted by Gasteiger charge is -2.35. The average molecular weight is 247 g/mol. The van der Waals surface area contributed by atoms with E-state index in [9.17, 15) is 13.5 Å². The lowest BCUT2D eigenvalue weighted by atomic mass is 10.1. The molecule has 16 heavy (non-hydrogen) atoms. The van der Waals surface area contributed by atoms with Crippen LogP contribution in [0.3, 0.4) is 0 Å². The molecule has 0 spiro atoms. The third-order valence-electron chi connectivity index (χ3n) is 3.70. The van der Waals surface area contributed by atoms with Crippen LogP contribution < -0.4 is 0 Å². The molecule has 1 aliphatic heterocycles. The van der Waals surface area contributed by atoms with Crippen LogP contribution in [-0.2, 0) is 10.0 Å². The Bertz CT molecular complexity index is 328. The van der Waals surface area contributed by atoms with Crippen LogP contribution in [-0.4, -0.2) is 42.3 Å². The van der Waals surface area contributed by atoms with Gasteiger partial charge in [-0.15, -0.1) is 0 Å². The topological polar surface area (TPSA) is 57.6 Å². The van der Waals surface area contributed by atoms with Gasteiger partial charge in [-0.1, -0.05) is 19.3 Å². The molecule has 5 heteroatoms. The molecule has 0 aromatic rings. The zero-order valence-electron chi connectivity index (χ0n) is 9.64. The molecule has 0 radical (unpaired) electrons. The summed E-state index contributed by atoms with van der Waals surface area (Å²) in [4.78, 5) is 0. The van der Waals surface area contributed by atoms with E-state index >= 15 is 0 Å². The fraction of sp³-hybridized carbons (Fsp3) is 1.00. The minimum absolute atomic E-state index is 0.159. The van der Waals surface area contributed by atoms with E-state index in [0.717, 1.165) is 44.9 Å². The van der Waals surface area contributed by atoms with Crippen molar-refractivity contribution in [2.75, 3.05) is 12.3 Å². The molecule has 1 heterocycles. The Morgan fingerprint density at radius 2 is 1.75 bits per heavy atom. The van der Waals surface area contributed by atoms with E-state index in [-0.39, 0.29) is 11.8 Å². The van der Waals surface area contributed by atoms with Crippen LogP contribution in [0.25, 0.3) is 0 Å². The van der Waals surface area contributed by atoms with Gasteiger partial charge in [0.1, 0.15) is 0 Å². The fourth-order valence-electron chi connectivity index (χ4n) is 2.78. The van der Waals surface area contributed by atoms with Crippen LogP contribution in [0.15, 0.2) is 0 Å². The van der Waals surface area contributed by atoms with Gasteiger partial charge < -0.3 is 5.11 Å². The third kappa shape index (κ3) is 2.57. The largest absolute Gasteiger partial charge is 0.391 e. The average Bonchev–Trinajstić information content (AvgIpc) is 2.43. The number of aliphatic hydroxyl groups is 1. The highest BCUT2D eigenvalue weighted by Gasteiger charge is 2.36. The summed E-state index contributed by atoms with van der Waals surface area (Å²) in [7, 11) is -3.10. The van der Waals surface area contributed by atoms with Gasteiger partial charge in [-0.3, -0.25) is 0 Å². The van der Waals surface area contributed by atoms with Crippen LogP contribution in [0.1, 0.15) is 44.9 Å². The molecule has 2 atom stereocenters. The molecule has 1 saturated carbocycles. The Hall–Kier alpha value is -0.130. The van der Waals surface area contributed by atoms with Crippen molar-refractivity contribution in [1.29, 1.82) is 0 Å². The first kappa shape index (κ1) is 12.3. The number of sulfonamides is 1. The molecular weight excluding hydrogens is 226 g/mol. The lowest BCUT2D eigenvalue weighted by molar-refractivity contribution is 0.0810. The van der Waals surface area contributed by atoms with Crippen molar-refractivity contribution in [3.8, 4) is 0 Å². The van der Waals surface area contributed by atoms with Gasteiger partial charge >= 0.3 is 0 Å². The van der Waals surface area contributed by atoms with Crippen molar-refractivity contribution in [1.82, 2.24) is 4.31 Å². The molecular formula is C11H21NO3S. The zero-order valence-corrected chi connectivity index (χ0v) is 10.5. The molecule has 0 aromatic heterocycles. The van der Waals surface area contributed by atoms with Gasteiger partial charge in [0.25, 0.3) is 0 Å². The molecule has 1 N–H and O–H groups in total. The number of nitrogens with zero attached hydrogens (tertiary/aromatic N) is 1. The van der Waals surface area contributed by atoms with Crippen molar-refractivity contribution in [3.05, 3.63) is 0 Å². The summed E-state index contributed by atoms with van der Waals surface area (Å²) in [6.45, 7) is 0.601. The Kier molecular flexibility index (Phi) is 3.87. The van der Waals surface area contributed by atoms with E-state index in [2.05, 4.69) is 0 Å². The number of aliphatic hydroxyl groups excluding tert-OH is 1. The minimum Gasteiger partial charge on any atom is -0.391 e. The van der Waals surface area contributed by atoms with Crippen LogP contribution in [0.5, 0.6) is 0 Å². The predicted molar refractivity (Wildman–Crippen MR) is 62.6 cm³/mol. The van der Waals surface area contributed by atoms with E-state index < -0.39 is 16.1 Å². The molecule has 4 nitrogen and oxygen atoms in total. The predicted octanol–water partition coefficient (Wildman–Crippen LogP) is 1.11. The molecule has 1 aliphatic carbocycles. The summed E-state index contributed by atoms with van der Waals surface area (Å²) in [5, 5.41) is 10.0. The first-order valence-corrected chi connectivity index (χ1v) is 7.90. The van der Waals surface area contributed by atoms with Crippen molar-refractivity contribution in [2.45, 2.75) is 57.1 Å². The van der Waals surface area contributed by atoms with E-state index in [0.29, 0.717) is 6.54 Å². The fourth-order valence-corrected chi connectivity index (χ4v) is 4.65. The van der Waals surface area contributed by atoms with Crippen molar-refractivity contribution >= 4 is 10.0 Å². The minimum atomic E-state index is -3.10. The van der Waals surface area contributed by atoms with Crippen LogP contribution in [0.4, 0.5) is 0 Å². The second-order valence-corrected chi connectivity index (χ2v) is 6.95.